The van der Waals surface area contributed by atoms with Crippen LogP contribution in [0.15, 0.2) is 30.7 Å². The number of likely N-dealkylation sites (N-methyl/N-ethyl adjacent to an activating group) is 1. The van der Waals surface area contributed by atoms with Crippen LogP contribution in [0.25, 0.3) is 0 Å². The quantitative estimate of drug-likeness (QED) is 0.354. The fourth-order valence-electron chi connectivity index (χ4n) is 5.15. The van der Waals surface area contributed by atoms with E-state index in [1.54, 1.807) is 14.0 Å². The zero-order valence-electron chi connectivity index (χ0n) is 23.7. The number of hydrogen-bond donors (Lipinski definition) is 2. The van der Waals surface area contributed by atoms with E-state index in [0.29, 0.717) is 0 Å². The van der Waals surface area contributed by atoms with E-state index < -0.39 is 47.5 Å². The van der Waals surface area contributed by atoms with E-state index in [2.05, 4.69) is 25.8 Å². The molecule has 15 nitrogen and oxygen atoms in total. The minimum atomic E-state index is -1.42. The second-order valence-electron chi connectivity index (χ2n) is 10.3. The van der Waals surface area contributed by atoms with E-state index in [-0.39, 0.29) is 58.8 Å². The molecule has 0 radical (unpaired) electrons. The van der Waals surface area contributed by atoms with Crippen LogP contribution in [-0.2, 0) is 21.4 Å². The Kier molecular flexibility index (Phi) is 7.84. The molecule has 1 aromatic carbocycles. The number of aryl methyl sites for hydroxylation is 1. The first-order valence-electron chi connectivity index (χ1n) is 13.5. The van der Waals surface area contributed by atoms with Gasteiger partial charge in [0.15, 0.2) is 17.0 Å². The van der Waals surface area contributed by atoms with Crippen LogP contribution in [0.5, 0.6) is 0 Å². The molecule has 0 aliphatic carbocycles. The summed E-state index contributed by atoms with van der Waals surface area (Å²) in [6, 6.07) is 1.33. The van der Waals surface area contributed by atoms with Crippen molar-refractivity contribution in [2.24, 2.45) is 7.05 Å². The van der Waals surface area contributed by atoms with Crippen molar-refractivity contribution in [2.75, 3.05) is 11.4 Å². The third-order valence-electron chi connectivity index (χ3n) is 7.22. The molecule has 2 aliphatic rings. The molecule has 2 atom stereocenters. The number of nitrogens with zero attached hydrogens (tertiary/aromatic N) is 7. The standard InChI is InChI=1S/C27H28ClN9O6/c1-5-29-24(40)20(22-30-12-31-34(22)4)36(17-11-35(13(2)3)33-21(17)28)25(41)14-7-6-8-15-19(14)27(43)37(26(15)42)16-9-10-18(38)32-23(16)39/h6-8,11-13,16,20H,5,9-10H2,1-4H3,(H,29,40)(H,32,38,39). The SMILES string of the molecule is CCNC(=O)C(c1ncnn1C)N(C(=O)c1cccc2c1C(=O)N(C1CCC(=O)NC1=O)C2=O)c1cn(C(C)C)nc1Cl. The van der Waals surface area contributed by atoms with Crippen molar-refractivity contribution in [3.8, 4) is 0 Å². The van der Waals surface area contributed by atoms with Crippen LogP contribution in [0.1, 0.15) is 82.6 Å². The van der Waals surface area contributed by atoms with E-state index in [9.17, 15) is 28.8 Å². The summed E-state index contributed by atoms with van der Waals surface area (Å²) in [5.74, 6) is -4.33. The fourth-order valence-corrected chi connectivity index (χ4v) is 5.38. The van der Waals surface area contributed by atoms with Crippen LogP contribution in [0.3, 0.4) is 0 Å². The van der Waals surface area contributed by atoms with Crippen LogP contribution >= 0.6 is 11.6 Å². The van der Waals surface area contributed by atoms with Crippen LogP contribution in [-0.4, -0.2) is 77.5 Å². The Morgan fingerprint density at radius 1 is 1.19 bits per heavy atom. The molecule has 2 unspecified atom stereocenters. The summed E-state index contributed by atoms with van der Waals surface area (Å²) in [6.45, 7) is 5.63. The third-order valence-corrected chi connectivity index (χ3v) is 7.49. The number of fused-ring (bicyclic) bond motifs is 1. The monoisotopic (exact) mass is 609 g/mol. The normalized spacial score (nSPS) is 17.3. The smallest absolute Gasteiger partial charge is 0.263 e. The molecule has 3 aromatic rings. The van der Waals surface area contributed by atoms with Gasteiger partial charge in [0, 0.05) is 26.1 Å². The van der Waals surface area contributed by atoms with Crippen LogP contribution in [0, 0.1) is 0 Å². The van der Waals surface area contributed by atoms with E-state index in [1.165, 1.54) is 40.1 Å². The number of piperidine rings is 1. The Bertz CT molecular complexity index is 1680. The Morgan fingerprint density at radius 3 is 2.53 bits per heavy atom. The van der Waals surface area contributed by atoms with Crippen molar-refractivity contribution in [1.82, 2.24) is 40.1 Å². The van der Waals surface area contributed by atoms with Gasteiger partial charge in [-0.15, -0.1) is 0 Å². The van der Waals surface area contributed by atoms with Crippen molar-refractivity contribution < 1.29 is 28.8 Å². The first-order chi connectivity index (χ1) is 20.5. The summed E-state index contributed by atoms with van der Waals surface area (Å²) in [4.78, 5) is 85.8. The molecule has 43 heavy (non-hydrogen) atoms. The average Bonchev–Trinajstić information content (AvgIpc) is 3.63. The molecule has 16 heteroatoms. The van der Waals surface area contributed by atoms with Gasteiger partial charge in [0.2, 0.25) is 11.8 Å². The Labute approximate surface area is 250 Å². The van der Waals surface area contributed by atoms with Crippen molar-refractivity contribution >= 4 is 52.7 Å². The maximum atomic E-state index is 14.6. The molecule has 2 aromatic heterocycles. The van der Waals surface area contributed by atoms with Gasteiger partial charge >= 0.3 is 0 Å². The van der Waals surface area contributed by atoms with Crippen LogP contribution in [0.4, 0.5) is 5.69 Å². The van der Waals surface area contributed by atoms with Gasteiger partial charge in [-0.2, -0.15) is 10.2 Å². The number of halogens is 1. The zero-order valence-corrected chi connectivity index (χ0v) is 24.5. The molecule has 0 saturated carbocycles. The summed E-state index contributed by atoms with van der Waals surface area (Å²) < 4.78 is 2.84. The van der Waals surface area contributed by atoms with Crippen molar-refractivity contribution in [3.05, 3.63) is 58.4 Å². The van der Waals surface area contributed by atoms with E-state index >= 15 is 0 Å². The summed E-state index contributed by atoms with van der Waals surface area (Å²) in [5, 5.41) is 13.1. The van der Waals surface area contributed by atoms with Gasteiger partial charge in [0.25, 0.3) is 23.6 Å². The highest BCUT2D eigenvalue weighted by Gasteiger charge is 2.47. The number of benzene rings is 1. The highest BCUT2D eigenvalue weighted by molar-refractivity contribution is 6.33. The summed E-state index contributed by atoms with van der Waals surface area (Å²) in [7, 11) is 1.55. The number of carbonyl (C=O) groups is 6. The molecule has 224 valence electrons. The van der Waals surface area contributed by atoms with Gasteiger partial charge in [-0.25, -0.2) is 4.98 Å². The topological polar surface area (TPSA) is 181 Å². The minimum Gasteiger partial charge on any atom is -0.354 e. The predicted octanol–water partition coefficient (Wildman–Crippen LogP) is 1.17. The van der Waals surface area contributed by atoms with Crippen LogP contribution < -0.4 is 15.5 Å². The van der Waals surface area contributed by atoms with Gasteiger partial charge in [0.1, 0.15) is 18.1 Å². The third kappa shape index (κ3) is 5.05. The fraction of sp³-hybridized carbons (Fsp3) is 0.370. The lowest BCUT2D eigenvalue weighted by molar-refractivity contribution is -0.136. The zero-order chi connectivity index (χ0) is 31.2. The predicted molar refractivity (Wildman–Crippen MR) is 150 cm³/mol. The Morgan fingerprint density at radius 2 is 1.93 bits per heavy atom. The average molecular weight is 610 g/mol. The largest absolute Gasteiger partial charge is 0.354 e. The second kappa shape index (κ2) is 11.4. The minimum absolute atomic E-state index is 0.0519. The number of rotatable bonds is 8. The molecule has 4 heterocycles. The van der Waals surface area contributed by atoms with Gasteiger partial charge in [-0.05, 0) is 39.3 Å². The molecule has 1 fully saturated rings. The maximum absolute atomic E-state index is 14.6. The highest BCUT2D eigenvalue weighted by Crippen LogP contribution is 2.37. The number of anilines is 1. The number of aromatic nitrogens is 5. The van der Waals surface area contributed by atoms with E-state index in [1.807, 2.05) is 13.8 Å². The molecule has 1 saturated heterocycles. The number of hydrogen-bond acceptors (Lipinski definition) is 9. The Hall–Kier alpha value is -4.92. The number of amides is 6. The number of carbonyl (C=O) groups excluding carboxylic acids is 6. The summed E-state index contributed by atoms with van der Waals surface area (Å²) in [5.41, 5.74) is -0.503. The number of nitrogens with one attached hydrogen (secondary N) is 2. The molecular formula is C27H28ClN9O6. The lowest BCUT2D eigenvalue weighted by atomic mass is 10.0. The van der Waals surface area contributed by atoms with Gasteiger partial charge in [-0.1, -0.05) is 17.7 Å². The Balaban J connectivity index is 1.67. The molecule has 0 bridgehead atoms. The van der Waals surface area contributed by atoms with E-state index in [0.717, 1.165) is 9.80 Å². The summed E-state index contributed by atoms with van der Waals surface area (Å²) >= 11 is 6.56. The first-order valence-corrected chi connectivity index (χ1v) is 13.9. The van der Waals surface area contributed by atoms with Gasteiger partial charge in [-0.3, -0.25) is 53.2 Å². The molecular weight excluding hydrogens is 582 g/mol. The lowest BCUT2D eigenvalue weighted by Crippen LogP contribution is -2.54. The van der Waals surface area contributed by atoms with Crippen molar-refractivity contribution in [1.29, 1.82) is 0 Å². The molecule has 5 rings (SSSR count). The second-order valence-corrected chi connectivity index (χ2v) is 10.6. The van der Waals surface area contributed by atoms with Crippen molar-refractivity contribution in [2.45, 2.75) is 51.7 Å². The lowest BCUT2D eigenvalue weighted by Gasteiger charge is -2.30. The maximum Gasteiger partial charge on any atom is 0.263 e. The molecule has 2 N–H and O–H groups in total. The number of imide groups is 2. The summed E-state index contributed by atoms with van der Waals surface area (Å²) in [6.07, 6.45) is 2.61. The van der Waals surface area contributed by atoms with E-state index in [4.69, 9.17) is 11.6 Å². The van der Waals surface area contributed by atoms with Crippen LogP contribution in [0.2, 0.25) is 5.15 Å². The van der Waals surface area contributed by atoms with Gasteiger partial charge < -0.3 is 5.32 Å². The highest BCUT2D eigenvalue weighted by atomic mass is 35.5. The molecule has 0 spiro atoms. The van der Waals surface area contributed by atoms with Crippen molar-refractivity contribution in [3.63, 3.8) is 0 Å². The molecule has 2 aliphatic heterocycles. The van der Waals surface area contributed by atoms with Gasteiger partial charge in [0.05, 0.1) is 22.9 Å². The first kappa shape index (κ1) is 29.6. The molecule has 6 amide bonds.